The van der Waals surface area contributed by atoms with Crippen LogP contribution in [-0.4, -0.2) is 26.1 Å². The summed E-state index contributed by atoms with van der Waals surface area (Å²) in [5.74, 6) is -1.28. The predicted octanol–water partition coefficient (Wildman–Crippen LogP) is 4.90. The first-order valence-corrected chi connectivity index (χ1v) is 8.58. The highest BCUT2D eigenvalue weighted by molar-refractivity contribution is 5.96. The number of aromatic carboxylic acids is 1. The van der Waals surface area contributed by atoms with Crippen molar-refractivity contribution < 1.29 is 19.9 Å². The van der Waals surface area contributed by atoms with Crippen LogP contribution in [0.3, 0.4) is 0 Å². The zero-order valence-corrected chi connectivity index (χ0v) is 15.1. The molecule has 7 heteroatoms. The molecule has 0 saturated heterocycles. The van der Waals surface area contributed by atoms with E-state index in [1.54, 1.807) is 30.3 Å². The molecule has 0 bridgehead atoms. The summed E-state index contributed by atoms with van der Waals surface area (Å²) >= 11 is 0. The van der Waals surface area contributed by atoms with E-state index in [0.717, 1.165) is 11.1 Å². The van der Waals surface area contributed by atoms with Gasteiger partial charge in [0.15, 0.2) is 0 Å². The lowest BCUT2D eigenvalue weighted by Gasteiger charge is -2.05. The normalized spacial score (nSPS) is 10.1. The van der Waals surface area contributed by atoms with Crippen LogP contribution in [-0.2, 0) is 0 Å². The second kappa shape index (κ2) is 8.62. The molecule has 0 radical (unpaired) electrons. The monoisotopic (exact) mass is 388 g/mol. The third kappa shape index (κ3) is 4.36. The molecule has 0 amide bonds. The lowest BCUT2D eigenvalue weighted by Crippen LogP contribution is -1.98. The van der Waals surface area contributed by atoms with Gasteiger partial charge in [0.1, 0.15) is 5.52 Å². The zero-order chi connectivity index (χ0) is 20.8. The fourth-order valence-corrected chi connectivity index (χ4v) is 2.81. The molecule has 0 spiro atoms. The molecule has 0 aliphatic carbocycles. The predicted molar refractivity (Wildman–Crippen MR) is 109 cm³/mol. The van der Waals surface area contributed by atoms with E-state index in [9.17, 15) is 20.0 Å². The Hall–Kier alpha value is -4.26. The molecule has 0 unspecified atom stereocenters. The zero-order valence-electron chi connectivity index (χ0n) is 15.1. The molecule has 144 valence electrons. The molecule has 3 aromatic carbocycles. The number of carboxylic acid groups (broad SMARTS) is 1. The van der Waals surface area contributed by atoms with E-state index in [0.29, 0.717) is 10.9 Å². The lowest BCUT2D eigenvalue weighted by molar-refractivity contribution is -0.385. The minimum atomic E-state index is -0.894. The number of carboxylic acids is 1. The Morgan fingerprint density at radius 1 is 0.897 bits per heavy atom. The van der Waals surface area contributed by atoms with Gasteiger partial charge in [-0.2, -0.15) is 0 Å². The Bertz CT molecular complexity index is 1180. The van der Waals surface area contributed by atoms with E-state index in [4.69, 9.17) is 5.11 Å². The maximum Gasteiger partial charge on any atom is 0.336 e. The van der Waals surface area contributed by atoms with Crippen molar-refractivity contribution in [3.8, 4) is 16.9 Å². The highest BCUT2D eigenvalue weighted by atomic mass is 16.6. The molecule has 0 atom stereocenters. The highest BCUT2D eigenvalue weighted by Gasteiger charge is 2.16. The second-order valence-corrected chi connectivity index (χ2v) is 5.98. The van der Waals surface area contributed by atoms with Crippen molar-refractivity contribution in [2.45, 2.75) is 0 Å². The number of pyridine rings is 1. The summed E-state index contributed by atoms with van der Waals surface area (Å²) in [6.45, 7) is 0. The summed E-state index contributed by atoms with van der Waals surface area (Å²) in [4.78, 5) is 24.7. The molecule has 7 nitrogen and oxygen atoms in total. The van der Waals surface area contributed by atoms with Crippen molar-refractivity contribution in [2.75, 3.05) is 0 Å². The molecule has 0 fully saturated rings. The molecule has 4 aromatic rings. The van der Waals surface area contributed by atoms with Gasteiger partial charge in [-0.3, -0.25) is 15.1 Å². The summed E-state index contributed by atoms with van der Waals surface area (Å²) in [6, 6.07) is 22.8. The summed E-state index contributed by atoms with van der Waals surface area (Å²) in [7, 11) is 0. The van der Waals surface area contributed by atoms with Crippen LogP contribution in [0.2, 0.25) is 0 Å². The Kier molecular flexibility index (Phi) is 5.80. The number of hydrogen-bond donors (Lipinski definition) is 2. The molecule has 0 saturated carbocycles. The van der Waals surface area contributed by atoms with Crippen LogP contribution in [0.25, 0.3) is 22.0 Å². The Labute approximate surface area is 165 Å². The van der Waals surface area contributed by atoms with Gasteiger partial charge in [0, 0.05) is 17.6 Å². The summed E-state index contributed by atoms with van der Waals surface area (Å²) in [5.41, 5.74) is 1.95. The van der Waals surface area contributed by atoms with E-state index in [-0.39, 0.29) is 17.0 Å². The second-order valence-electron chi connectivity index (χ2n) is 5.98. The number of aromatic nitrogens is 1. The smallest absolute Gasteiger partial charge is 0.336 e. The average Bonchev–Trinajstić information content (AvgIpc) is 2.75. The number of carbonyl (C=O) groups is 1. The lowest BCUT2D eigenvalue weighted by atomic mass is 10.00. The Morgan fingerprint density at radius 3 is 2.28 bits per heavy atom. The summed E-state index contributed by atoms with van der Waals surface area (Å²) in [5, 5.41) is 29.7. The Balaban J connectivity index is 0.000000166. The van der Waals surface area contributed by atoms with E-state index in [1.807, 2.05) is 42.5 Å². The van der Waals surface area contributed by atoms with Crippen molar-refractivity contribution in [3.63, 3.8) is 0 Å². The minimum absolute atomic E-state index is 0.252. The third-order valence-corrected chi connectivity index (χ3v) is 4.17. The molecule has 0 aliphatic heterocycles. The summed E-state index contributed by atoms with van der Waals surface area (Å²) in [6.07, 6.45) is 1.48. The van der Waals surface area contributed by atoms with E-state index in [1.165, 1.54) is 12.3 Å². The van der Waals surface area contributed by atoms with Gasteiger partial charge in [0.2, 0.25) is 5.75 Å². The van der Waals surface area contributed by atoms with Gasteiger partial charge in [-0.25, -0.2) is 4.79 Å². The van der Waals surface area contributed by atoms with Crippen LogP contribution in [0.5, 0.6) is 5.75 Å². The van der Waals surface area contributed by atoms with Crippen molar-refractivity contribution in [2.24, 2.45) is 0 Å². The first kappa shape index (κ1) is 19.5. The number of aromatic hydroxyl groups is 1. The largest absolute Gasteiger partial charge is 0.501 e. The van der Waals surface area contributed by atoms with E-state index >= 15 is 0 Å². The van der Waals surface area contributed by atoms with Crippen molar-refractivity contribution in [1.29, 1.82) is 0 Å². The van der Waals surface area contributed by atoms with Gasteiger partial charge in [0.25, 0.3) is 0 Å². The molecule has 1 aromatic heterocycles. The number of nitrogens with zero attached hydrogens (tertiary/aromatic N) is 2. The molecule has 0 aliphatic rings. The molecule has 2 N–H and O–H groups in total. The number of nitro benzene ring substituents is 1. The highest BCUT2D eigenvalue weighted by Crippen LogP contribution is 2.32. The number of benzene rings is 3. The fourth-order valence-electron chi connectivity index (χ4n) is 2.81. The number of nitro groups is 1. The number of phenolic OH excluding ortho intramolecular Hbond substituents is 1. The van der Waals surface area contributed by atoms with Crippen molar-refractivity contribution in [3.05, 3.63) is 101 Å². The van der Waals surface area contributed by atoms with Gasteiger partial charge >= 0.3 is 11.7 Å². The standard InChI is InChI=1S/C13H10O2.C9H6N2O3/c14-13(15)12-9-5-4-8-11(12)10-6-2-1-3-7-10;12-9-7(11(13)14)4-3-6-2-1-5-10-8(6)9/h1-9H,(H,14,15);1-5,12H. The van der Waals surface area contributed by atoms with Crippen LogP contribution in [0, 0.1) is 10.1 Å². The van der Waals surface area contributed by atoms with Crippen LogP contribution < -0.4 is 0 Å². The average molecular weight is 388 g/mol. The van der Waals surface area contributed by atoms with E-state index < -0.39 is 10.9 Å². The van der Waals surface area contributed by atoms with Crippen LogP contribution >= 0.6 is 0 Å². The van der Waals surface area contributed by atoms with Crippen molar-refractivity contribution >= 4 is 22.6 Å². The maximum atomic E-state index is 11.0. The number of rotatable bonds is 3. The number of hydrogen-bond acceptors (Lipinski definition) is 5. The Morgan fingerprint density at radius 2 is 1.59 bits per heavy atom. The summed E-state index contributed by atoms with van der Waals surface area (Å²) < 4.78 is 0. The van der Waals surface area contributed by atoms with Gasteiger partial charge < -0.3 is 10.2 Å². The van der Waals surface area contributed by atoms with Gasteiger partial charge in [0.05, 0.1) is 10.5 Å². The molecule has 29 heavy (non-hydrogen) atoms. The van der Waals surface area contributed by atoms with Gasteiger partial charge in [-0.1, -0.05) is 54.6 Å². The fraction of sp³-hybridized carbons (Fsp3) is 0. The topological polar surface area (TPSA) is 114 Å². The van der Waals surface area contributed by atoms with Gasteiger partial charge in [-0.05, 0) is 29.3 Å². The minimum Gasteiger partial charge on any atom is -0.501 e. The first-order valence-electron chi connectivity index (χ1n) is 8.58. The number of fused-ring (bicyclic) bond motifs is 1. The molecular formula is C22H16N2O5. The first-order chi connectivity index (χ1) is 14.0. The molecule has 1 heterocycles. The van der Waals surface area contributed by atoms with Crippen LogP contribution in [0.4, 0.5) is 5.69 Å². The third-order valence-electron chi connectivity index (χ3n) is 4.17. The maximum absolute atomic E-state index is 11.0. The van der Waals surface area contributed by atoms with E-state index in [2.05, 4.69) is 4.98 Å². The SMILES string of the molecule is O=C(O)c1ccccc1-c1ccccc1.O=[N+]([O-])c1ccc2cccnc2c1O. The van der Waals surface area contributed by atoms with Gasteiger partial charge in [-0.15, -0.1) is 0 Å². The molecule has 4 rings (SSSR count). The van der Waals surface area contributed by atoms with Crippen molar-refractivity contribution in [1.82, 2.24) is 4.98 Å². The van der Waals surface area contributed by atoms with Crippen LogP contribution in [0.15, 0.2) is 85.1 Å². The number of phenols is 1. The quantitative estimate of drug-likeness (QED) is 0.381. The molecular weight excluding hydrogens is 372 g/mol. The van der Waals surface area contributed by atoms with Crippen LogP contribution in [0.1, 0.15) is 10.4 Å².